The normalized spacial score (nSPS) is 22.8. The fraction of sp³-hybridized carbons (Fsp3) is 0.333. The van der Waals surface area contributed by atoms with Crippen molar-refractivity contribution in [2.45, 2.75) is 11.3 Å². The van der Waals surface area contributed by atoms with Crippen molar-refractivity contribution < 1.29 is 12.6 Å². The molecule has 0 saturated heterocycles. The highest BCUT2D eigenvalue weighted by atomic mass is 32.2. The largest absolute Gasteiger partial charge is 0.268 e. The quantitative estimate of drug-likeness (QED) is 0.861. The van der Waals surface area contributed by atoms with Crippen molar-refractivity contribution >= 4 is 25.4 Å². The lowest BCUT2D eigenvalue weighted by molar-refractivity contribution is 0.590. The van der Waals surface area contributed by atoms with Crippen LogP contribution in [0.1, 0.15) is 6.42 Å². The first-order valence-corrected chi connectivity index (χ1v) is 9.19. The molecule has 1 heterocycles. The fourth-order valence-electron chi connectivity index (χ4n) is 2.02. The zero-order valence-corrected chi connectivity index (χ0v) is 12.0. The third kappa shape index (κ3) is 2.66. The highest BCUT2D eigenvalue weighted by Gasteiger charge is 2.31. The highest BCUT2D eigenvalue weighted by molar-refractivity contribution is 7.94. The van der Waals surface area contributed by atoms with E-state index < -0.39 is 19.8 Å². The van der Waals surface area contributed by atoms with Gasteiger partial charge in [0.05, 0.1) is 31.8 Å². The second-order valence-electron chi connectivity index (χ2n) is 4.31. The van der Waals surface area contributed by atoms with E-state index in [1.54, 1.807) is 30.3 Å². The molecule has 5 nitrogen and oxygen atoms in total. The molecule has 19 heavy (non-hydrogen) atoms. The molecule has 2 rings (SSSR count). The van der Waals surface area contributed by atoms with Crippen LogP contribution in [0.3, 0.4) is 0 Å². The van der Waals surface area contributed by atoms with E-state index >= 15 is 0 Å². The summed E-state index contributed by atoms with van der Waals surface area (Å²) in [5.41, 5.74) is 0.373. The van der Waals surface area contributed by atoms with Crippen molar-refractivity contribution in [3.63, 3.8) is 0 Å². The van der Waals surface area contributed by atoms with Crippen LogP contribution in [-0.4, -0.2) is 30.7 Å². The van der Waals surface area contributed by atoms with Gasteiger partial charge in [0.1, 0.15) is 0 Å². The summed E-state index contributed by atoms with van der Waals surface area (Å²) in [5, 5.41) is 0. The van der Waals surface area contributed by atoms with Crippen LogP contribution in [-0.2, 0) is 19.8 Å². The maximum Gasteiger partial charge on any atom is 0.235 e. The number of nitrogens with zero attached hydrogens (tertiary/aromatic N) is 1. The molecular formula is C12H16N2O3S2. The molecule has 1 aromatic rings. The summed E-state index contributed by atoms with van der Waals surface area (Å²) >= 11 is 0. The predicted octanol–water partition coefficient (Wildman–Crippen LogP) is 1.82. The summed E-state index contributed by atoms with van der Waals surface area (Å²) in [6.45, 7) is 3.61. The molecule has 1 aromatic carbocycles. The summed E-state index contributed by atoms with van der Waals surface area (Å²) in [6, 6.07) is 6.54. The third-order valence-electron chi connectivity index (χ3n) is 2.99. The first kappa shape index (κ1) is 14.1. The fourth-order valence-corrected chi connectivity index (χ4v) is 5.18. The Kier molecular flexibility index (Phi) is 3.69. The summed E-state index contributed by atoms with van der Waals surface area (Å²) in [6.07, 6.45) is 1.93. The lowest BCUT2D eigenvalue weighted by Crippen LogP contribution is -2.40. The Labute approximate surface area is 114 Å². The van der Waals surface area contributed by atoms with E-state index in [1.165, 1.54) is 4.31 Å². The minimum absolute atomic E-state index is 0.0238. The molecule has 0 fully saturated rings. The van der Waals surface area contributed by atoms with Crippen molar-refractivity contribution in [1.29, 1.82) is 4.78 Å². The van der Waals surface area contributed by atoms with Gasteiger partial charge < -0.3 is 0 Å². The maximum absolute atomic E-state index is 12.2. The topological polar surface area (TPSA) is 78.3 Å². The van der Waals surface area contributed by atoms with Crippen LogP contribution in [0, 0.1) is 4.78 Å². The molecule has 0 saturated carbocycles. The minimum atomic E-state index is -3.46. The highest BCUT2D eigenvalue weighted by Crippen LogP contribution is 2.32. The van der Waals surface area contributed by atoms with Gasteiger partial charge in [0.2, 0.25) is 10.0 Å². The Morgan fingerprint density at radius 1 is 1.42 bits per heavy atom. The smallest absolute Gasteiger partial charge is 0.235 e. The van der Waals surface area contributed by atoms with E-state index in [0.717, 1.165) is 0 Å². The van der Waals surface area contributed by atoms with Crippen LogP contribution in [0.25, 0.3) is 0 Å². The van der Waals surface area contributed by atoms with Gasteiger partial charge in [-0.15, -0.1) is 6.58 Å². The number of hydrogen-bond donors (Lipinski definition) is 1. The number of hydrogen-bond acceptors (Lipinski definition) is 4. The van der Waals surface area contributed by atoms with E-state index in [0.29, 0.717) is 17.0 Å². The Morgan fingerprint density at radius 2 is 2.11 bits per heavy atom. The van der Waals surface area contributed by atoms with Crippen LogP contribution in [0.5, 0.6) is 0 Å². The standard InChI is InChI=1S/C12H16N2O3S2/c1-2-3-9-19(16,17)14-8-10-18(13,15)12-7-5-4-6-11(12)14/h2,4-7,13H,1,3,8-10H2. The minimum Gasteiger partial charge on any atom is -0.268 e. The number of nitrogens with one attached hydrogen (secondary N) is 1. The number of fused-ring (bicyclic) bond motifs is 1. The third-order valence-corrected chi connectivity index (χ3v) is 6.60. The SMILES string of the molecule is C=CCCS(=O)(=O)N1CCS(=N)(=O)c2ccccc21. The van der Waals surface area contributed by atoms with Crippen LogP contribution in [0.15, 0.2) is 41.8 Å². The van der Waals surface area contributed by atoms with Gasteiger partial charge in [0.25, 0.3) is 0 Å². The number of allylic oxidation sites excluding steroid dienone is 1. The van der Waals surface area contributed by atoms with E-state index in [-0.39, 0.29) is 18.1 Å². The molecule has 1 aliphatic rings. The number of rotatable bonds is 4. The average Bonchev–Trinajstić information content (AvgIpc) is 2.36. The molecule has 1 atom stereocenters. The zero-order valence-electron chi connectivity index (χ0n) is 10.4. The van der Waals surface area contributed by atoms with Gasteiger partial charge >= 0.3 is 0 Å². The monoisotopic (exact) mass is 300 g/mol. The van der Waals surface area contributed by atoms with E-state index in [9.17, 15) is 12.6 Å². The lowest BCUT2D eigenvalue weighted by Gasteiger charge is -2.31. The predicted molar refractivity (Wildman–Crippen MR) is 76.4 cm³/mol. The van der Waals surface area contributed by atoms with Gasteiger partial charge in [-0.2, -0.15) is 0 Å². The van der Waals surface area contributed by atoms with Crippen LogP contribution in [0.4, 0.5) is 5.69 Å². The van der Waals surface area contributed by atoms with E-state index in [1.807, 2.05) is 0 Å². The van der Waals surface area contributed by atoms with Crippen molar-refractivity contribution in [1.82, 2.24) is 0 Å². The van der Waals surface area contributed by atoms with Gasteiger partial charge in [-0.25, -0.2) is 17.4 Å². The molecule has 0 spiro atoms. The molecule has 0 aliphatic carbocycles. The summed E-state index contributed by atoms with van der Waals surface area (Å²) in [7, 11) is -6.34. The molecule has 104 valence electrons. The Hall–Kier alpha value is -1.34. The van der Waals surface area contributed by atoms with E-state index in [2.05, 4.69) is 6.58 Å². The number of anilines is 1. The van der Waals surface area contributed by atoms with Crippen LogP contribution in [0.2, 0.25) is 0 Å². The number of para-hydroxylation sites is 1. The average molecular weight is 300 g/mol. The lowest BCUT2D eigenvalue weighted by atomic mass is 10.3. The molecule has 1 N–H and O–H groups in total. The first-order valence-electron chi connectivity index (χ1n) is 5.85. The second-order valence-corrected chi connectivity index (χ2v) is 8.52. The molecule has 1 aliphatic heterocycles. The molecule has 1 unspecified atom stereocenters. The Morgan fingerprint density at radius 3 is 2.79 bits per heavy atom. The zero-order chi connectivity index (χ0) is 14.1. The van der Waals surface area contributed by atoms with Gasteiger partial charge in [0.15, 0.2) is 0 Å². The first-order chi connectivity index (χ1) is 8.88. The molecule has 0 bridgehead atoms. The van der Waals surface area contributed by atoms with Gasteiger partial charge in [-0.05, 0) is 18.6 Å². The molecular weight excluding hydrogens is 284 g/mol. The summed E-state index contributed by atoms with van der Waals surface area (Å²) in [4.78, 5) is 0.309. The van der Waals surface area contributed by atoms with Crippen molar-refractivity contribution in [3.8, 4) is 0 Å². The Bertz CT molecular complexity index is 693. The second kappa shape index (κ2) is 4.97. The Balaban J connectivity index is 2.49. The molecule has 7 heteroatoms. The van der Waals surface area contributed by atoms with Crippen molar-refractivity contribution in [3.05, 3.63) is 36.9 Å². The molecule has 0 aromatic heterocycles. The van der Waals surface area contributed by atoms with Gasteiger partial charge in [0, 0.05) is 6.54 Å². The number of sulfonamides is 1. The van der Waals surface area contributed by atoms with Crippen LogP contribution >= 0.6 is 0 Å². The summed E-state index contributed by atoms with van der Waals surface area (Å²) in [5.74, 6) is 0.0152. The summed E-state index contributed by atoms with van der Waals surface area (Å²) < 4.78 is 45.7. The van der Waals surface area contributed by atoms with Gasteiger partial charge in [-0.3, -0.25) is 4.31 Å². The van der Waals surface area contributed by atoms with Crippen molar-refractivity contribution in [2.24, 2.45) is 0 Å². The van der Waals surface area contributed by atoms with E-state index in [4.69, 9.17) is 4.78 Å². The molecule has 0 radical (unpaired) electrons. The number of benzene rings is 1. The van der Waals surface area contributed by atoms with Crippen LogP contribution < -0.4 is 4.31 Å². The van der Waals surface area contributed by atoms with Gasteiger partial charge in [-0.1, -0.05) is 18.2 Å². The maximum atomic E-state index is 12.2. The molecule has 0 amide bonds. The van der Waals surface area contributed by atoms with Crippen molar-refractivity contribution in [2.75, 3.05) is 22.4 Å².